The maximum absolute atomic E-state index is 12.8. The summed E-state index contributed by atoms with van der Waals surface area (Å²) < 4.78 is 11.4. The van der Waals surface area contributed by atoms with Crippen LogP contribution in [0.4, 0.5) is 0 Å². The lowest BCUT2D eigenvalue weighted by Crippen LogP contribution is -2.32. The molecule has 0 unspecified atom stereocenters. The van der Waals surface area contributed by atoms with Crippen molar-refractivity contribution in [2.45, 2.75) is 156 Å². The summed E-state index contributed by atoms with van der Waals surface area (Å²) in [7, 11) is 0. The summed E-state index contributed by atoms with van der Waals surface area (Å²) in [5.74, 6) is -0.284. The van der Waals surface area contributed by atoms with E-state index in [4.69, 9.17) is 9.47 Å². The predicted molar refractivity (Wildman–Crippen MR) is 210 cm³/mol. The van der Waals surface area contributed by atoms with E-state index < -0.39 is 0 Å². The highest BCUT2D eigenvalue weighted by atomic mass is 16.5. The molecule has 282 valence electrons. The second-order valence-electron chi connectivity index (χ2n) is 14.2. The number of esters is 2. The third kappa shape index (κ3) is 20.8. The Kier molecular flexibility index (Phi) is 25.2. The SMILES string of the molecule is CCCCCCCN(CCCCCC)CC(=O)OCc1ccc(-c2ccc(COC(=O)CN(CCCCCC)CCCCCCC)cc2)cc1. The van der Waals surface area contributed by atoms with E-state index in [-0.39, 0.29) is 11.9 Å². The number of ether oxygens (including phenoxy) is 2. The fourth-order valence-electron chi connectivity index (χ4n) is 6.31. The molecule has 0 N–H and O–H groups in total. The molecule has 0 bridgehead atoms. The lowest BCUT2D eigenvalue weighted by molar-refractivity contribution is -0.147. The van der Waals surface area contributed by atoms with Crippen molar-refractivity contribution in [1.29, 1.82) is 0 Å². The topological polar surface area (TPSA) is 59.1 Å². The molecule has 2 aromatic carbocycles. The summed E-state index contributed by atoms with van der Waals surface area (Å²) in [5, 5.41) is 0. The van der Waals surface area contributed by atoms with E-state index in [1.165, 1.54) is 89.9 Å². The van der Waals surface area contributed by atoms with Gasteiger partial charge in [-0.1, -0.05) is 166 Å². The van der Waals surface area contributed by atoms with Crippen molar-refractivity contribution in [3.8, 4) is 11.1 Å². The normalized spacial score (nSPS) is 11.4. The van der Waals surface area contributed by atoms with Gasteiger partial charge in [-0.3, -0.25) is 19.4 Å². The van der Waals surface area contributed by atoms with Gasteiger partial charge in [-0.05, 0) is 74.1 Å². The number of unbranched alkanes of at least 4 members (excludes halogenated alkanes) is 14. The van der Waals surface area contributed by atoms with E-state index in [0.29, 0.717) is 26.3 Å². The maximum atomic E-state index is 12.8. The van der Waals surface area contributed by atoms with Gasteiger partial charge in [-0.2, -0.15) is 0 Å². The van der Waals surface area contributed by atoms with Gasteiger partial charge in [-0.25, -0.2) is 0 Å². The molecular weight excluding hydrogens is 620 g/mol. The summed E-state index contributed by atoms with van der Waals surface area (Å²) in [6, 6.07) is 16.4. The van der Waals surface area contributed by atoms with Crippen molar-refractivity contribution < 1.29 is 19.1 Å². The average molecular weight is 693 g/mol. The molecule has 2 aromatic rings. The molecule has 50 heavy (non-hydrogen) atoms. The maximum Gasteiger partial charge on any atom is 0.320 e. The van der Waals surface area contributed by atoms with Crippen molar-refractivity contribution >= 4 is 11.9 Å². The number of nitrogens with zero attached hydrogens (tertiary/aromatic N) is 2. The third-order valence-electron chi connectivity index (χ3n) is 9.56. The van der Waals surface area contributed by atoms with E-state index in [1.54, 1.807) is 0 Å². The highest BCUT2D eigenvalue weighted by molar-refractivity contribution is 5.72. The monoisotopic (exact) mass is 693 g/mol. The largest absolute Gasteiger partial charge is 0.460 e. The molecule has 0 spiro atoms. The lowest BCUT2D eigenvalue weighted by Gasteiger charge is -2.21. The molecule has 0 aromatic heterocycles. The first-order chi connectivity index (χ1) is 24.5. The van der Waals surface area contributed by atoms with E-state index in [0.717, 1.165) is 74.1 Å². The van der Waals surface area contributed by atoms with Crippen LogP contribution >= 0.6 is 0 Å². The zero-order chi connectivity index (χ0) is 36.1. The van der Waals surface area contributed by atoms with Crippen LogP contribution in [0.2, 0.25) is 0 Å². The summed E-state index contributed by atoms with van der Waals surface area (Å²) in [4.78, 5) is 30.1. The Labute approximate surface area is 306 Å². The van der Waals surface area contributed by atoms with Crippen molar-refractivity contribution in [3.05, 3.63) is 59.7 Å². The first-order valence-electron chi connectivity index (χ1n) is 20.4. The number of hydrogen-bond acceptors (Lipinski definition) is 6. The molecule has 0 fully saturated rings. The Morgan fingerprint density at radius 2 is 0.700 bits per heavy atom. The zero-order valence-corrected chi connectivity index (χ0v) is 32.5. The summed E-state index contributed by atoms with van der Waals surface area (Å²) >= 11 is 0. The van der Waals surface area contributed by atoms with Gasteiger partial charge >= 0.3 is 11.9 Å². The fourth-order valence-corrected chi connectivity index (χ4v) is 6.31. The Morgan fingerprint density at radius 3 is 1.00 bits per heavy atom. The Hall–Kier alpha value is -2.70. The molecule has 0 aliphatic carbocycles. The Bertz CT molecular complexity index is 1030. The molecule has 0 heterocycles. The van der Waals surface area contributed by atoms with Gasteiger partial charge in [0.25, 0.3) is 0 Å². The molecule has 0 aliphatic rings. The van der Waals surface area contributed by atoms with Gasteiger partial charge in [0.05, 0.1) is 13.1 Å². The zero-order valence-electron chi connectivity index (χ0n) is 32.5. The van der Waals surface area contributed by atoms with E-state index >= 15 is 0 Å². The predicted octanol–water partition coefficient (Wildman–Crippen LogP) is 11.1. The third-order valence-corrected chi connectivity index (χ3v) is 9.56. The van der Waals surface area contributed by atoms with Crippen LogP contribution in [0.3, 0.4) is 0 Å². The highest BCUT2D eigenvalue weighted by Crippen LogP contribution is 2.21. The van der Waals surface area contributed by atoms with Crippen LogP contribution in [0.15, 0.2) is 48.5 Å². The Morgan fingerprint density at radius 1 is 0.420 bits per heavy atom. The van der Waals surface area contributed by atoms with Gasteiger partial charge in [0.15, 0.2) is 0 Å². The Balaban J connectivity index is 1.80. The highest BCUT2D eigenvalue weighted by Gasteiger charge is 2.14. The first kappa shape index (κ1) is 43.5. The first-order valence-corrected chi connectivity index (χ1v) is 20.4. The van der Waals surface area contributed by atoms with Gasteiger partial charge in [-0.15, -0.1) is 0 Å². The summed E-state index contributed by atoms with van der Waals surface area (Å²) in [6.07, 6.45) is 22.0. The average Bonchev–Trinajstić information content (AvgIpc) is 3.13. The van der Waals surface area contributed by atoms with Gasteiger partial charge in [0.2, 0.25) is 0 Å². The second kappa shape index (κ2) is 28.9. The molecule has 0 radical (unpaired) electrons. The smallest absolute Gasteiger partial charge is 0.320 e. The van der Waals surface area contributed by atoms with Crippen LogP contribution in [0.1, 0.15) is 154 Å². The molecule has 6 nitrogen and oxygen atoms in total. The number of rotatable bonds is 31. The fraction of sp³-hybridized carbons (Fsp3) is 0.682. The molecule has 2 rings (SSSR count). The number of carbonyl (C=O) groups excluding carboxylic acids is 2. The van der Waals surface area contributed by atoms with E-state index in [1.807, 2.05) is 24.3 Å². The lowest BCUT2D eigenvalue weighted by atomic mass is 10.0. The van der Waals surface area contributed by atoms with Gasteiger partial charge in [0.1, 0.15) is 13.2 Å². The van der Waals surface area contributed by atoms with Crippen LogP contribution in [-0.4, -0.2) is 61.0 Å². The van der Waals surface area contributed by atoms with Crippen LogP contribution in [0, 0.1) is 0 Å². The molecule has 0 saturated heterocycles. The number of benzene rings is 2. The van der Waals surface area contributed by atoms with Crippen molar-refractivity contribution in [2.75, 3.05) is 39.3 Å². The standard InChI is InChI=1S/C44H72N2O4/c1-5-9-13-17-21-33-45(31-19-15-11-7-3)35-43(47)49-37-39-23-27-41(28-24-39)42-29-25-40(26-30-42)38-50-44(48)36-46(32-20-16-12-8-4)34-22-18-14-10-6-2/h23-30H,5-22,31-38H2,1-4H3. The minimum atomic E-state index is -0.142. The summed E-state index contributed by atoms with van der Waals surface area (Å²) in [6.45, 7) is 14.1. The van der Waals surface area contributed by atoms with Gasteiger partial charge in [0, 0.05) is 0 Å². The molecule has 0 atom stereocenters. The quantitative estimate of drug-likeness (QED) is 0.0579. The van der Waals surface area contributed by atoms with Crippen LogP contribution < -0.4 is 0 Å². The van der Waals surface area contributed by atoms with Crippen molar-refractivity contribution in [1.82, 2.24) is 9.80 Å². The van der Waals surface area contributed by atoms with Gasteiger partial charge < -0.3 is 9.47 Å². The number of hydrogen-bond donors (Lipinski definition) is 0. The van der Waals surface area contributed by atoms with Crippen molar-refractivity contribution in [2.24, 2.45) is 0 Å². The van der Waals surface area contributed by atoms with Crippen LogP contribution in [0.5, 0.6) is 0 Å². The molecule has 6 heteroatoms. The summed E-state index contributed by atoms with van der Waals surface area (Å²) in [5.41, 5.74) is 4.17. The van der Waals surface area contributed by atoms with Crippen LogP contribution in [-0.2, 0) is 32.3 Å². The van der Waals surface area contributed by atoms with E-state index in [2.05, 4.69) is 61.8 Å². The van der Waals surface area contributed by atoms with E-state index in [9.17, 15) is 9.59 Å². The molecule has 0 aliphatic heterocycles. The number of carbonyl (C=O) groups is 2. The molecule has 0 saturated carbocycles. The molecular formula is C44H72N2O4. The second-order valence-corrected chi connectivity index (χ2v) is 14.2. The molecule has 0 amide bonds. The van der Waals surface area contributed by atoms with Crippen molar-refractivity contribution in [3.63, 3.8) is 0 Å². The minimum Gasteiger partial charge on any atom is -0.460 e. The minimum absolute atomic E-state index is 0.142. The van der Waals surface area contributed by atoms with Crippen LogP contribution in [0.25, 0.3) is 11.1 Å².